The van der Waals surface area contributed by atoms with E-state index in [4.69, 9.17) is 9.47 Å². The summed E-state index contributed by atoms with van der Waals surface area (Å²) in [6, 6.07) is 22.9. The zero-order valence-electron chi connectivity index (χ0n) is 25.2. The molecule has 1 heterocycles. The Morgan fingerprint density at radius 1 is 0.951 bits per heavy atom. The predicted octanol–water partition coefficient (Wildman–Crippen LogP) is 7.31. The molecule has 1 saturated heterocycles. The minimum Gasteiger partial charge on any atom is -0.476 e. The molecule has 5 nitrogen and oxygen atoms in total. The van der Waals surface area contributed by atoms with Crippen molar-refractivity contribution in [2.75, 3.05) is 26.0 Å². The summed E-state index contributed by atoms with van der Waals surface area (Å²) >= 11 is 1.69. The molecular weight excluding hydrogens is 530 g/mol. The van der Waals surface area contributed by atoms with Crippen LogP contribution in [0.3, 0.4) is 0 Å². The quantitative estimate of drug-likeness (QED) is 0.129. The minimum atomic E-state index is -1.07. The zero-order chi connectivity index (χ0) is 29.6. The molecule has 0 spiro atoms. The number of thioether (sulfide) groups is 1. The summed E-state index contributed by atoms with van der Waals surface area (Å²) in [4.78, 5) is 29.8. The fourth-order valence-corrected chi connectivity index (χ4v) is 6.20. The predicted molar refractivity (Wildman–Crippen MR) is 167 cm³/mol. The Kier molecular flexibility index (Phi) is 10.3. The number of ether oxygens (including phenoxy) is 2. The molecule has 0 radical (unpaired) electrons. The van der Waals surface area contributed by atoms with Gasteiger partial charge in [0, 0.05) is 36.0 Å². The third-order valence-corrected chi connectivity index (χ3v) is 8.67. The first-order valence-corrected chi connectivity index (χ1v) is 15.7. The van der Waals surface area contributed by atoms with Crippen LogP contribution < -0.4 is 4.74 Å². The van der Waals surface area contributed by atoms with E-state index in [1.807, 2.05) is 44.2 Å². The average Bonchev–Trinajstić information content (AvgIpc) is 3.36. The summed E-state index contributed by atoms with van der Waals surface area (Å²) in [5.74, 6) is 0.835. The standard InChI is InChI=1S/C35H43NO4S/c1-7-39-34(38)35(4,5)40-33-24(2)19-27(20-25(33)3)13-14-29-22-36(21-26-11-9-8-10-12-26)23-31(29)32(37)28-15-17-30(41-6)18-16-28/h8-12,15-20,29,31H,7,13-14,21-23H2,1-6H3/t29-,31?/m0/s1. The molecule has 6 heteroatoms. The van der Waals surface area contributed by atoms with Crippen LogP contribution in [-0.2, 0) is 22.5 Å². The van der Waals surface area contributed by atoms with Gasteiger partial charge in [-0.2, -0.15) is 0 Å². The van der Waals surface area contributed by atoms with E-state index in [1.54, 1.807) is 32.5 Å². The summed E-state index contributed by atoms with van der Waals surface area (Å²) in [5.41, 5.74) is 4.22. The monoisotopic (exact) mass is 573 g/mol. The lowest BCUT2D eigenvalue weighted by Crippen LogP contribution is -2.40. The van der Waals surface area contributed by atoms with Crippen LogP contribution >= 0.6 is 11.8 Å². The second-order valence-electron chi connectivity index (χ2n) is 11.6. The van der Waals surface area contributed by atoms with Crippen LogP contribution in [-0.4, -0.2) is 48.2 Å². The third-order valence-electron chi connectivity index (χ3n) is 7.93. The average molecular weight is 574 g/mol. The second-order valence-corrected chi connectivity index (χ2v) is 12.4. The van der Waals surface area contributed by atoms with Crippen molar-refractivity contribution in [3.05, 3.63) is 94.5 Å². The summed E-state index contributed by atoms with van der Waals surface area (Å²) in [5, 5.41) is 0. The summed E-state index contributed by atoms with van der Waals surface area (Å²) in [6.07, 6.45) is 3.86. The van der Waals surface area contributed by atoms with Crippen molar-refractivity contribution in [2.45, 2.75) is 64.5 Å². The molecule has 2 atom stereocenters. The first kappa shape index (κ1) is 30.9. The molecule has 1 aliphatic heterocycles. The number of hydrogen-bond acceptors (Lipinski definition) is 6. The van der Waals surface area contributed by atoms with E-state index >= 15 is 0 Å². The normalized spacial score (nSPS) is 17.4. The second kappa shape index (κ2) is 13.7. The lowest BCUT2D eigenvalue weighted by molar-refractivity contribution is -0.158. The molecule has 218 valence electrons. The van der Waals surface area contributed by atoms with Gasteiger partial charge in [-0.15, -0.1) is 11.8 Å². The van der Waals surface area contributed by atoms with Gasteiger partial charge in [0.15, 0.2) is 11.4 Å². The molecule has 4 rings (SSSR count). The molecule has 41 heavy (non-hydrogen) atoms. The highest BCUT2D eigenvalue weighted by Crippen LogP contribution is 2.34. The molecule has 3 aromatic carbocycles. The molecule has 1 fully saturated rings. The maximum absolute atomic E-state index is 13.8. The zero-order valence-corrected chi connectivity index (χ0v) is 26.1. The van der Waals surface area contributed by atoms with Gasteiger partial charge in [0.2, 0.25) is 0 Å². The van der Waals surface area contributed by atoms with Crippen molar-refractivity contribution >= 4 is 23.5 Å². The highest BCUT2D eigenvalue weighted by molar-refractivity contribution is 7.98. The van der Waals surface area contributed by atoms with Gasteiger partial charge in [0.1, 0.15) is 5.75 Å². The molecule has 3 aromatic rings. The van der Waals surface area contributed by atoms with Gasteiger partial charge in [0.25, 0.3) is 0 Å². The van der Waals surface area contributed by atoms with E-state index in [-0.39, 0.29) is 23.6 Å². The molecule has 0 saturated carbocycles. The van der Waals surface area contributed by atoms with Crippen LogP contribution in [0.25, 0.3) is 0 Å². The molecule has 0 bridgehead atoms. The first-order chi connectivity index (χ1) is 19.6. The summed E-state index contributed by atoms with van der Waals surface area (Å²) in [6.45, 7) is 12.2. The van der Waals surface area contributed by atoms with Crippen LogP contribution in [0, 0.1) is 25.7 Å². The van der Waals surface area contributed by atoms with Gasteiger partial charge >= 0.3 is 5.97 Å². The highest BCUT2D eigenvalue weighted by Gasteiger charge is 2.37. The molecule has 0 N–H and O–H groups in total. The van der Waals surface area contributed by atoms with Crippen molar-refractivity contribution in [1.82, 2.24) is 4.90 Å². The number of carbonyl (C=O) groups is 2. The van der Waals surface area contributed by atoms with E-state index in [9.17, 15) is 9.59 Å². The molecule has 0 amide bonds. The van der Waals surface area contributed by atoms with Gasteiger partial charge in [-0.3, -0.25) is 9.69 Å². The molecular formula is C35H43NO4S. The largest absolute Gasteiger partial charge is 0.476 e. The number of ketones is 1. The van der Waals surface area contributed by atoms with Crippen molar-refractivity contribution in [3.8, 4) is 5.75 Å². The Balaban J connectivity index is 1.49. The van der Waals surface area contributed by atoms with Gasteiger partial charge < -0.3 is 9.47 Å². The molecule has 0 aliphatic carbocycles. The van der Waals surface area contributed by atoms with Gasteiger partial charge in [-0.25, -0.2) is 4.79 Å². The van der Waals surface area contributed by atoms with Gasteiger partial charge in [-0.05, 0) is 94.0 Å². The van der Waals surface area contributed by atoms with Crippen molar-refractivity contribution in [3.63, 3.8) is 0 Å². The fourth-order valence-electron chi connectivity index (χ4n) is 5.79. The highest BCUT2D eigenvalue weighted by atomic mass is 32.2. The van der Waals surface area contributed by atoms with E-state index in [2.05, 4.69) is 47.6 Å². The Morgan fingerprint density at radius 3 is 2.22 bits per heavy atom. The van der Waals surface area contributed by atoms with Crippen LogP contribution in [0.15, 0.2) is 71.6 Å². The third kappa shape index (κ3) is 7.81. The summed E-state index contributed by atoms with van der Waals surface area (Å²) < 4.78 is 11.4. The number of aryl methyl sites for hydroxylation is 3. The number of nitrogens with zero attached hydrogens (tertiary/aromatic N) is 1. The maximum Gasteiger partial charge on any atom is 0.349 e. The SMILES string of the molecule is CCOC(=O)C(C)(C)Oc1c(C)cc(CC[C@H]2CN(Cc3ccccc3)CC2C(=O)c2ccc(SC)cc2)cc1C. The lowest BCUT2D eigenvalue weighted by Gasteiger charge is -2.26. The summed E-state index contributed by atoms with van der Waals surface area (Å²) in [7, 11) is 0. The number of carbonyl (C=O) groups excluding carboxylic acids is 2. The first-order valence-electron chi connectivity index (χ1n) is 14.5. The minimum absolute atomic E-state index is 0.0333. The van der Waals surface area contributed by atoms with Crippen molar-refractivity contribution in [1.29, 1.82) is 0 Å². The number of rotatable bonds is 12. The molecule has 1 aliphatic rings. The number of hydrogen-bond donors (Lipinski definition) is 0. The smallest absolute Gasteiger partial charge is 0.349 e. The van der Waals surface area contributed by atoms with Crippen LogP contribution in [0.5, 0.6) is 5.75 Å². The topological polar surface area (TPSA) is 55.8 Å². The van der Waals surface area contributed by atoms with Crippen molar-refractivity contribution < 1.29 is 19.1 Å². The van der Waals surface area contributed by atoms with Crippen LogP contribution in [0.2, 0.25) is 0 Å². The van der Waals surface area contributed by atoms with E-state index < -0.39 is 5.60 Å². The van der Waals surface area contributed by atoms with E-state index in [0.29, 0.717) is 6.61 Å². The lowest BCUT2D eigenvalue weighted by atomic mass is 9.84. The molecule has 0 aromatic heterocycles. The van der Waals surface area contributed by atoms with Crippen molar-refractivity contribution in [2.24, 2.45) is 11.8 Å². The molecule has 1 unspecified atom stereocenters. The van der Waals surface area contributed by atoms with Gasteiger partial charge in [0.05, 0.1) is 6.61 Å². The van der Waals surface area contributed by atoms with E-state index in [1.165, 1.54) is 16.0 Å². The maximum atomic E-state index is 13.8. The Hall–Kier alpha value is -3.09. The Morgan fingerprint density at radius 2 is 1.61 bits per heavy atom. The van der Waals surface area contributed by atoms with Gasteiger partial charge in [-0.1, -0.05) is 54.6 Å². The Labute approximate surface area is 249 Å². The van der Waals surface area contributed by atoms with E-state index in [0.717, 1.165) is 54.9 Å². The Bertz CT molecular complexity index is 1310. The van der Waals surface area contributed by atoms with Crippen LogP contribution in [0.1, 0.15) is 59.8 Å². The fraction of sp³-hybridized carbons (Fsp3) is 0.429. The number of likely N-dealkylation sites (tertiary alicyclic amines) is 1. The number of esters is 1. The number of Topliss-reactive ketones (excluding diaryl/α,β-unsaturated/α-hetero) is 1. The number of benzene rings is 3. The van der Waals surface area contributed by atoms with Crippen LogP contribution in [0.4, 0.5) is 0 Å².